The number of rotatable bonds is 13. The van der Waals surface area contributed by atoms with E-state index >= 15 is 0 Å². The van der Waals surface area contributed by atoms with E-state index in [0.717, 1.165) is 18.5 Å². The maximum atomic E-state index is 13.6. The Balaban J connectivity index is 1.82. The summed E-state index contributed by atoms with van der Waals surface area (Å²) in [6.07, 6.45) is 2.03. The lowest BCUT2D eigenvalue weighted by Crippen LogP contribution is -2.58. The number of carbonyl (C=O) groups excluding carboxylic acids is 3. The second-order valence-corrected chi connectivity index (χ2v) is 10.4. The standard InChI is InChI=1S/C29H38N4O6/c1-18(2)15-25(29(38)39)33-28(37)24(17-20-10-12-21(34)13-11-20)32-27(36)23(16-19-7-4-3-5-8-19)31-26(35)22-9-6-14-30-22/h3-5,7-8,10-13,18,22-25,30,34H,6,9,14-17H2,1-2H3,(H,31,35)(H,32,36)(H,33,37)(H,38,39). The van der Waals surface area contributed by atoms with Gasteiger partial charge in [-0.1, -0.05) is 56.3 Å². The van der Waals surface area contributed by atoms with E-state index in [9.17, 15) is 29.4 Å². The molecule has 4 atom stereocenters. The number of phenolic OH excluding ortho intramolecular Hbond substituents is 1. The fraction of sp³-hybridized carbons (Fsp3) is 0.448. The Bertz CT molecular complexity index is 1120. The van der Waals surface area contributed by atoms with Crippen molar-refractivity contribution >= 4 is 23.7 Å². The molecule has 0 spiro atoms. The topological polar surface area (TPSA) is 157 Å². The third-order valence-corrected chi connectivity index (χ3v) is 6.62. The summed E-state index contributed by atoms with van der Waals surface area (Å²) in [6.45, 7) is 4.44. The molecule has 1 heterocycles. The number of phenols is 1. The third-order valence-electron chi connectivity index (χ3n) is 6.62. The van der Waals surface area contributed by atoms with Gasteiger partial charge in [0.05, 0.1) is 6.04 Å². The molecule has 10 heteroatoms. The van der Waals surface area contributed by atoms with Gasteiger partial charge in [-0.25, -0.2) is 4.79 Å². The number of benzene rings is 2. The SMILES string of the molecule is CC(C)CC(NC(=O)C(Cc1ccc(O)cc1)NC(=O)C(Cc1ccccc1)NC(=O)C1CCCN1)C(=O)O. The van der Waals surface area contributed by atoms with Crippen LogP contribution in [-0.4, -0.2) is 64.6 Å². The van der Waals surface area contributed by atoms with Gasteiger partial charge in [0, 0.05) is 12.8 Å². The van der Waals surface area contributed by atoms with Crippen LogP contribution in [0, 0.1) is 5.92 Å². The van der Waals surface area contributed by atoms with Crippen molar-refractivity contribution in [3.63, 3.8) is 0 Å². The number of carboxylic acids is 1. The van der Waals surface area contributed by atoms with Gasteiger partial charge >= 0.3 is 5.97 Å². The fourth-order valence-electron chi connectivity index (χ4n) is 4.55. The minimum atomic E-state index is -1.16. The number of amides is 3. The molecular weight excluding hydrogens is 500 g/mol. The van der Waals surface area contributed by atoms with Gasteiger partial charge in [0.25, 0.3) is 0 Å². The zero-order valence-electron chi connectivity index (χ0n) is 22.4. The molecule has 1 fully saturated rings. The van der Waals surface area contributed by atoms with Crippen LogP contribution in [0.5, 0.6) is 5.75 Å². The third kappa shape index (κ3) is 9.40. The van der Waals surface area contributed by atoms with E-state index in [1.165, 1.54) is 12.1 Å². The van der Waals surface area contributed by atoms with Crippen molar-refractivity contribution in [2.45, 2.75) is 70.1 Å². The molecule has 0 bridgehead atoms. The number of carbonyl (C=O) groups is 4. The van der Waals surface area contributed by atoms with Gasteiger partial charge < -0.3 is 31.5 Å². The predicted octanol–water partition coefficient (Wildman–Crippen LogP) is 1.51. The monoisotopic (exact) mass is 538 g/mol. The first-order chi connectivity index (χ1) is 18.6. The highest BCUT2D eigenvalue weighted by Crippen LogP contribution is 2.13. The first kappa shape index (κ1) is 29.6. The van der Waals surface area contributed by atoms with E-state index in [2.05, 4.69) is 21.3 Å². The number of nitrogens with one attached hydrogen (secondary N) is 4. The highest BCUT2D eigenvalue weighted by Gasteiger charge is 2.32. The van der Waals surface area contributed by atoms with Crippen LogP contribution in [0.2, 0.25) is 0 Å². The van der Waals surface area contributed by atoms with Crippen molar-refractivity contribution in [3.8, 4) is 5.75 Å². The highest BCUT2D eigenvalue weighted by atomic mass is 16.4. The lowest BCUT2D eigenvalue weighted by Gasteiger charge is -2.26. The van der Waals surface area contributed by atoms with E-state index in [1.54, 1.807) is 12.1 Å². The first-order valence-corrected chi connectivity index (χ1v) is 13.3. The number of hydrogen-bond donors (Lipinski definition) is 6. The van der Waals surface area contributed by atoms with E-state index in [0.29, 0.717) is 12.0 Å². The largest absolute Gasteiger partial charge is 0.508 e. The molecule has 6 N–H and O–H groups in total. The van der Waals surface area contributed by atoms with Gasteiger partial charge in [-0.2, -0.15) is 0 Å². The summed E-state index contributed by atoms with van der Waals surface area (Å²) in [7, 11) is 0. The zero-order valence-corrected chi connectivity index (χ0v) is 22.4. The summed E-state index contributed by atoms with van der Waals surface area (Å²) in [5, 5.41) is 30.5. The molecule has 10 nitrogen and oxygen atoms in total. The zero-order chi connectivity index (χ0) is 28.4. The van der Waals surface area contributed by atoms with Crippen LogP contribution in [0.3, 0.4) is 0 Å². The Morgan fingerprint density at radius 3 is 1.95 bits per heavy atom. The van der Waals surface area contributed by atoms with Gasteiger partial charge in [0.1, 0.15) is 23.9 Å². The molecule has 1 aliphatic heterocycles. The maximum absolute atomic E-state index is 13.6. The summed E-state index contributed by atoms with van der Waals surface area (Å²) in [4.78, 5) is 51.6. The summed E-state index contributed by atoms with van der Waals surface area (Å²) < 4.78 is 0. The van der Waals surface area contributed by atoms with Crippen molar-refractivity contribution < 1.29 is 29.4 Å². The summed E-state index contributed by atoms with van der Waals surface area (Å²) in [5.41, 5.74) is 1.49. The Kier molecular flexibility index (Phi) is 10.9. The molecule has 39 heavy (non-hydrogen) atoms. The second-order valence-electron chi connectivity index (χ2n) is 10.4. The molecule has 0 saturated carbocycles. The molecule has 0 aromatic heterocycles. The van der Waals surface area contributed by atoms with Crippen LogP contribution in [0.1, 0.15) is 44.2 Å². The van der Waals surface area contributed by atoms with Crippen LogP contribution in [0.15, 0.2) is 54.6 Å². The van der Waals surface area contributed by atoms with Gasteiger partial charge in [0.15, 0.2) is 0 Å². The van der Waals surface area contributed by atoms with Crippen LogP contribution in [0.4, 0.5) is 0 Å². The average molecular weight is 539 g/mol. The minimum absolute atomic E-state index is 0.0196. The van der Waals surface area contributed by atoms with E-state index in [4.69, 9.17) is 0 Å². The Hall–Kier alpha value is -3.92. The molecule has 0 radical (unpaired) electrons. The lowest BCUT2D eigenvalue weighted by molar-refractivity contribution is -0.142. The van der Waals surface area contributed by atoms with Crippen molar-refractivity contribution in [2.75, 3.05) is 6.54 Å². The van der Waals surface area contributed by atoms with Crippen molar-refractivity contribution in [3.05, 3.63) is 65.7 Å². The van der Waals surface area contributed by atoms with Crippen LogP contribution in [0.25, 0.3) is 0 Å². The van der Waals surface area contributed by atoms with Crippen molar-refractivity contribution in [2.24, 2.45) is 5.92 Å². The molecule has 210 valence electrons. The average Bonchev–Trinajstić information content (AvgIpc) is 3.44. The van der Waals surface area contributed by atoms with Crippen LogP contribution in [-0.2, 0) is 32.0 Å². The van der Waals surface area contributed by atoms with Gasteiger partial charge in [-0.3, -0.25) is 14.4 Å². The lowest BCUT2D eigenvalue weighted by atomic mass is 10.0. The highest BCUT2D eigenvalue weighted by molar-refractivity contribution is 5.94. The number of carboxylic acid groups (broad SMARTS) is 1. The van der Waals surface area contributed by atoms with Crippen molar-refractivity contribution in [1.29, 1.82) is 0 Å². The Morgan fingerprint density at radius 1 is 0.846 bits per heavy atom. The smallest absolute Gasteiger partial charge is 0.326 e. The normalized spacial score (nSPS) is 17.2. The van der Waals surface area contributed by atoms with E-state index in [-0.39, 0.29) is 42.9 Å². The van der Waals surface area contributed by atoms with Crippen LogP contribution >= 0.6 is 0 Å². The molecule has 4 unspecified atom stereocenters. The minimum Gasteiger partial charge on any atom is -0.508 e. The van der Waals surface area contributed by atoms with E-state index < -0.39 is 35.9 Å². The maximum Gasteiger partial charge on any atom is 0.326 e. The number of aromatic hydroxyl groups is 1. The molecular formula is C29H38N4O6. The fourth-order valence-corrected chi connectivity index (χ4v) is 4.55. The molecule has 1 aliphatic rings. The Morgan fingerprint density at radius 2 is 1.41 bits per heavy atom. The van der Waals surface area contributed by atoms with E-state index in [1.807, 2.05) is 44.2 Å². The second kappa shape index (κ2) is 14.3. The molecule has 2 aromatic rings. The quantitative estimate of drug-likeness (QED) is 0.226. The summed E-state index contributed by atoms with van der Waals surface area (Å²) in [5.74, 6) is -2.58. The Labute approximate surface area is 228 Å². The molecule has 3 amide bonds. The van der Waals surface area contributed by atoms with Crippen molar-refractivity contribution in [1.82, 2.24) is 21.3 Å². The molecule has 0 aliphatic carbocycles. The van der Waals surface area contributed by atoms with Gasteiger partial charge in [0.2, 0.25) is 17.7 Å². The molecule has 2 aromatic carbocycles. The van der Waals surface area contributed by atoms with Gasteiger partial charge in [-0.05, 0) is 55.0 Å². The summed E-state index contributed by atoms with van der Waals surface area (Å²) in [6, 6.07) is 11.8. The first-order valence-electron chi connectivity index (χ1n) is 13.3. The van der Waals surface area contributed by atoms with Crippen LogP contribution < -0.4 is 21.3 Å². The number of hydrogen-bond acceptors (Lipinski definition) is 6. The molecule has 1 saturated heterocycles. The number of aliphatic carboxylic acids is 1. The summed E-state index contributed by atoms with van der Waals surface area (Å²) >= 11 is 0. The predicted molar refractivity (Wildman–Crippen MR) is 146 cm³/mol. The van der Waals surface area contributed by atoms with Gasteiger partial charge in [-0.15, -0.1) is 0 Å². The molecule has 3 rings (SSSR count).